The minimum atomic E-state index is -1.10. The molecule has 0 aliphatic carbocycles. The molecule has 164 valence electrons. The van der Waals surface area contributed by atoms with Crippen LogP contribution < -0.4 is 5.32 Å². The highest BCUT2D eigenvalue weighted by Gasteiger charge is 2.27. The largest absolute Gasteiger partial charge is 0.481 e. The van der Waals surface area contributed by atoms with Crippen molar-refractivity contribution in [3.8, 4) is 11.1 Å². The number of amides is 1. The average molecular weight is 425 g/mol. The second-order valence-corrected chi connectivity index (χ2v) is 7.21. The molecule has 0 saturated carbocycles. The van der Waals surface area contributed by atoms with Crippen molar-refractivity contribution in [2.24, 2.45) is 5.92 Å². The number of rotatable bonds is 11. The van der Waals surface area contributed by atoms with E-state index in [4.69, 9.17) is 9.84 Å². The van der Waals surface area contributed by atoms with Gasteiger partial charge in [0.05, 0.1) is 25.0 Å². The van der Waals surface area contributed by atoms with Crippen LogP contribution in [-0.4, -0.2) is 41.4 Å². The molecular weight excluding hydrogens is 398 g/mol. The predicted octanol–water partition coefficient (Wildman–Crippen LogP) is 3.48. The zero-order valence-electron chi connectivity index (χ0n) is 17.7. The molecule has 1 unspecified atom stereocenters. The molecule has 0 fully saturated rings. The molecule has 7 heteroatoms. The summed E-state index contributed by atoms with van der Waals surface area (Å²) in [6.07, 6.45) is -0.539. The van der Waals surface area contributed by atoms with E-state index in [1.54, 1.807) is 26.0 Å². The number of carbonyl (C=O) groups excluding carboxylic acids is 3. The fourth-order valence-corrected chi connectivity index (χ4v) is 3.11. The summed E-state index contributed by atoms with van der Waals surface area (Å²) in [5.74, 6) is -3.08. The lowest BCUT2D eigenvalue weighted by Crippen LogP contribution is -2.43. The van der Waals surface area contributed by atoms with Crippen LogP contribution in [0.4, 0.5) is 0 Å². The first-order valence-corrected chi connectivity index (χ1v) is 10.2. The van der Waals surface area contributed by atoms with Crippen molar-refractivity contribution in [3.05, 3.63) is 60.2 Å². The number of aliphatic carboxylic acids is 1. The van der Waals surface area contributed by atoms with Crippen molar-refractivity contribution < 1.29 is 29.0 Å². The number of hydrogen-bond donors (Lipinski definition) is 2. The van der Waals surface area contributed by atoms with Crippen LogP contribution in [0.1, 0.15) is 43.5 Å². The molecule has 0 aromatic heterocycles. The van der Waals surface area contributed by atoms with Gasteiger partial charge in [0, 0.05) is 12.0 Å². The van der Waals surface area contributed by atoms with E-state index >= 15 is 0 Å². The van der Waals surface area contributed by atoms with Crippen LogP contribution in [0.25, 0.3) is 11.1 Å². The van der Waals surface area contributed by atoms with E-state index in [2.05, 4.69) is 5.32 Å². The van der Waals surface area contributed by atoms with Gasteiger partial charge in [-0.1, -0.05) is 61.5 Å². The van der Waals surface area contributed by atoms with Crippen molar-refractivity contribution in [1.82, 2.24) is 5.32 Å². The molecule has 0 heterocycles. The molecular formula is C24H27NO6. The fourth-order valence-electron chi connectivity index (χ4n) is 3.11. The molecule has 0 aliphatic rings. The molecule has 1 amide bonds. The molecule has 7 nitrogen and oxygen atoms in total. The van der Waals surface area contributed by atoms with Crippen molar-refractivity contribution in [3.63, 3.8) is 0 Å². The van der Waals surface area contributed by atoms with Gasteiger partial charge in [-0.2, -0.15) is 0 Å². The van der Waals surface area contributed by atoms with E-state index in [1.807, 2.05) is 42.5 Å². The number of Topliss-reactive ketones (excluding diaryl/α,β-unsaturated/α-hetero) is 1. The smallest absolute Gasteiger partial charge is 0.308 e. The Hall–Kier alpha value is -3.48. The minimum Gasteiger partial charge on any atom is -0.481 e. The van der Waals surface area contributed by atoms with Crippen LogP contribution in [-0.2, 0) is 19.1 Å². The number of carboxylic acid groups (broad SMARTS) is 1. The fraction of sp³-hybridized carbons (Fsp3) is 0.333. The topological polar surface area (TPSA) is 110 Å². The van der Waals surface area contributed by atoms with Crippen LogP contribution in [0.5, 0.6) is 0 Å². The molecule has 2 atom stereocenters. The molecule has 0 radical (unpaired) electrons. The number of ether oxygens (including phenoxy) is 1. The van der Waals surface area contributed by atoms with E-state index in [0.717, 1.165) is 11.1 Å². The van der Waals surface area contributed by atoms with Gasteiger partial charge in [-0.25, -0.2) is 0 Å². The number of carboxylic acids is 1. The maximum atomic E-state index is 13.1. The lowest BCUT2D eigenvalue weighted by molar-refractivity contribution is -0.147. The summed E-state index contributed by atoms with van der Waals surface area (Å²) in [7, 11) is 0. The van der Waals surface area contributed by atoms with E-state index < -0.39 is 29.8 Å². The standard InChI is InChI=1S/C24H27NO6/c1-3-31-24(30)16(2)15-20(25-21(26)13-14-22(27)28)23(29)19-11-9-18(10-12-19)17-7-5-4-6-8-17/h4-12,16,20H,3,13-15H2,1-2H3,(H,25,26)(H,27,28)/t16-,20?/m1/s1. The normalized spacial score (nSPS) is 12.5. The van der Waals surface area contributed by atoms with Gasteiger partial charge >= 0.3 is 11.9 Å². The molecule has 0 saturated heterocycles. The average Bonchev–Trinajstić information content (AvgIpc) is 2.77. The third kappa shape index (κ3) is 7.37. The summed E-state index contributed by atoms with van der Waals surface area (Å²) in [4.78, 5) is 48.0. The van der Waals surface area contributed by atoms with Crippen molar-refractivity contribution in [2.75, 3.05) is 6.61 Å². The Kier molecular flexibility index (Phi) is 8.94. The van der Waals surface area contributed by atoms with E-state index in [1.165, 1.54) is 0 Å². The number of hydrogen-bond acceptors (Lipinski definition) is 5. The maximum absolute atomic E-state index is 13.1. The van der Waals surface area contributed by atoms with Crippen molar-refractivity contribution in [2.45, 2.75) is 39.2 Å². The van der Waals surface area contributed by atoms with Gasteiger partial charge < -0.3 is 15.2 Å². The van der Waals surface area contributed by atoms with E-state index in [0.29, 0.717) is 5.56 Å². The van der Waals surface area contributed by atoms with Crippen LogP contribution in [0.2, 0.25) is 0 Å². The van der Waals surface area contributed by atoms with E-state index in [-0.39, 0.29) is 31.7 Å². The minimum absolute atomic E-state index is 0.0525. The Labute approximate surface area is 181 Å². The first kappa shape index (κ1) is 23.8. The van der Waals surface area contributed by atoms with E-state index in [9.17, 15) is 19.2 Å². The zero-order valence-corrected chi connectivity index (χ0v) is 17.7. The second kappa shape index (κ2) is 11.6. The number of esters is 1. The monoisotopic (exact) mass is 425 g/mol. The molecule has 0 bridgehead atoms. The summed E-state index contributed by atoms with van der Waals surface area (Å²) in [6, 6.07) is 15.7. The summed E-state index contributed by atoms with van der Waals surface area (Å²) >= 11 is 0. The lowest BCUT2D eigenvalue weighted by atomic mass is 9.93. The molecule has 2 aromatic carbocycles. The number of benzene rings is 2. The van der Waals surface area contributed by atoms with Gasteiger partial charge in [0.1, 0.15) is 0 Å². The van der Waals surface area contributed by atoms with Gasteiger partial charge in [0.15, 0.2) is 5.78 Å². The van der Waals surface area contributed by atoms with Gasteiger partial charge in [-0.15, -0.1) is 0 Å². The highest BCUT2D eigenvalue weighted by atomic mass is 16.5. The van der Waals surface area contributed by atoms with Gasteiger partial charge in [-0.05, 0) is 24.5 Å². The lowest BCUT2D eigenvalue weighted by Gasteiger charge is -2.21. The third-order valence-electron chi connectivity index (χ3n) is 4.77. The quantitative estimate of drug-likeness (QED) is 0.421. The molecule has 2 rings (SSSR count). The summed E-state index contributed by atoms with van der Waals surface area (Å²) < 4.78 is 5.00. The molecule has 2 N–H and O–H groups in total. The molecule has 31 heavy (non-hydrogen) atoms. The molecule has 0 aliphatic heterocycles. The third-order valence-corrected chi connectivity index (χ3v) is 4.77. The zero-order chi connectivity index (χ0) is 22.8. The Morgan fingerprint density at radius 1 is 0.935 bits per heavy atom. The predicted molar refractivity (Wildman–Crippen MR) is 115 cm³/mol. The summed E-state index contributed by atoms with van der Waals surface area (Å²) in [6.45, 7) is 3.53. The van der Waals surface area contributed by atoms with Gasteiger partial charge in [0.25, 0.3) is 0 Å². The molecule has 0 spiro atoms. The number of carbonyl (C=O) groups is 4. The number of nitrogens with one attached hydrogen (secondary N) is 1. The van der Waals surface area contributed by atoms with Crippen molar-refractivity contribution >= 4 is 23.6 Å². The Morgan fingerprint density at radius 3 is 2.13 bits per heavy atom. The highest BCUT2D eigenvalue weighted by molar-refractivity contribution is 6.02. The van der Waals surface area contributed by atoms with Crippen LogP contribution >= 0.6 is 0 Å². The van der Waals surface area contributed by atoms with Crippen LogP contribution in [0.3, 0.4) is 0 Å². The summed E-state index contributed by atoms with van der Waals surface area (Å²) in [5.41, 5.74) is 2.34. The number of ketones is 1. The van der Waals surface area contributed by atoms with Crippen LogP contribution in [0, 0.1) is 5.92 Å². The Bertz CT molecular complexity index is 907. The Morgan fingerprint density at radius 2 is 1.55 bits per heavy atom. The first-order valence-electron chi connectivity index (χ1n) is 10.2. The second-order valence-electron chi connectivity index (χ2n) is 7.21. The molecule has 2 aromatic rings. The first-order chi connectivity index (χ1) is 14.8. The van der Waals surface area contributed by atoms with Gasteiger partial charge in [0.2, 0.25) is 5.91 Å². The SMILES string of the molecule is CCOC(=O)[C@H](C)CC(NC(=O)CCC(=O)O)C(=O)c1ccc(-c2ccccc2)cc1. The van der Waals surface area contributed by atoms with Crippen LogP contribution in [0.15, 0.2) is 54.6 Å². The maximum Gasteiger partial charge on any atom is 0.308 e. The Balaban J connectivity index is 2.18. The van der Waals surface area contributed by atoms with Gasteiger partial charge in [-0.3, -0.25) is 19.2 Å². The van der Waals surface area contributed by atoms with Crippen molar-refractivity contribution in [1.29, 1.82) is 0 Å². The summed E-state index contributed by atoms with van der Waals surface area (Å²) in [5, 5.41) is 11.4. The highest BCUT2D eigenvalue weighted by Crippen LogP contribution is 2.21.